The van der Waals surface area contributed by atoms with Crippen molar-refractivity contribution in [2.45, 2.75) is 0 Å². The predicted molar refractivity (Wildman–Crippen MR) is 83.5 cm³/mol. The molecule has 8 heteroatoms. The highest BCUT2D eigenvalue weighted by atomic mass is 19.1. The van der Waals surface area contributed by atoms with Crippen LogP contribution in [0, 0.1) is 15.9 Å². The topological polar surface area (TPSA) is 102 Å². The van der Waals surface area contributed by atoms with Gasteiger partial charge < -0.3 is 9.73 Å². The smallest absolute Gasteiger partial charge is 0.344 e. The van der Waals surface area contributed by atoms with Gasteiger partial charge in [0, 0.05) is 17.8 Å². The molecule has 1 aromatic heterocycles. The number of carbonyl (C=O) groups is 1. The Balaban J connectivity index is 1.94. The average Bonchev–Trinajstić information content (AvgIpc) is 2.55. The maximum absolute atomic E-state index is 13.2. The van der Waals surface area contributed by atoms with Gasteiger partial charge in [-0.1, -0.05) is 12.1 Å². The number of non-ortho nitro benzene ring substituents is 1. The maximum atomic E-state index is 13.2. The van der Waals surface area contributed by atoms with Gasteiger partial charge in [-0.05, 0) is 29.7 Å². The van der Waals surface area contributed by atoms with Gasteiger partial charge in [-0.25, -0.2) is 9.18 Å². The first kappa shape index (κ1) is 15.3. The normalized spacial score (nSPS) is 10.5. The van der Waals surface area contributed by atoms with Crippen LogP contribution in [0.2, 0.25) is 0 Å². The summed E-state index contributed by atoms with van der Waals surface area (Å²) in [6.07, 6.45) is 0. The minimum Gasteiger partial charge on any atom is -0.417 e. The Hall–Kier alpha value is -3.55. The Morgan fingerprint density at radius 1 is 1.17 bits per heavy atom. The van der Waals surface area contributed by atoms with Crippen LogP contribution in [0.3, 0.4) is 0 Å². The van der Waals surface area contributed by atoms with Crippen LogP contribution in [0.4, 0.5) is 15.8 Å². The second kappa shape index (κ2) is 5.92. The number of hydrogen-bond donors (Lipinski definition) is 1. The quantitative estimate of drug-likeness (QED) is 0.588. The lowest BCUT2D eigenvalue weighted by Gasteiger charge is -2.05. The van der Waals surface area contributed by atoms with Gasteiger partial charge in [-0.15, -0.1) is 0 Å². The second-order valence-corrected chi connectivity index (χ2v) is 4.89. The number of halogens is 1. The molecule has 0 radical (unpaired) electrons. The fraction of sp³-hybridized carbons (Fsp3) is 0. The third-order valence-corrected chi connectivity index (χ3v) is 3.26. The third-order valence-electron chi connectivity index (χ3n) is 3.26. The lowest BCUT2D eigenvalue weighted by Crippen LogP contribution is -2.15. The molecule has 2 aromatic carbocycles. The van der Waals surface area contributed by atoms with Crippen LogP contribution in [0.1, 0.15) is 10.6 Å². The van der Waals surface area contributed by atoms with Crippen molar-refractivity contribution in [3.05, 3.63) is 80.6 Å². The Kier molecular flexibility index (Phi) is 3.78. The number of carbonyl (C=O) groups excluding carboxylic acids is 1. The Labute approximate surface area is 133 Å². The molecule has 3 rings (SSSR count). The van der Waals surface area contributed by atoms with E-state index in [4.69, 9.17) is 4.42 Å². The van der Waals surface area contributed by atoms with Gasteiger partial charge in [-0.2, -0.15) is 0 Å². The van der Waals surface area contributed by atoms with E-state index in [1.54, 1.807) is 0 Å². The zero-order valence-corrected chi connectivity index (χ0v) is 12.0. The Bertz CT molecular complexity index is 1030. The average molecular weight is 328 g/mol. The van der Waals surface area contributed by atoms with Crippen molar-refractivity contribution in [1.29, 1.82) is 0 Å². The molecule has 0 bridgehead atoms. The first-order valence-electron chi connectivity index (χ1n) is 6.73. The standard InChI is InChI=1S/C16H9FN2O5/c17-10-5-4-9-6-14(24-16(21)13(9)7-10)15(20)18-11-2-1-3-12(8-11)19(22)23/h1-8H,(H,18,20). The van der Waals surface area contributed by atoms with Crippen molar-refractivity contribution in [1.82, 2.24) is 0 Å². The van der Waals surface area contributed by atoms with E-state index in [1.165, 1.54) is 36.4 Å². The van der Waals surface area contributed by atoms with Crippen LogP contribution in [0.5, 0.6) is 0 Å². The highest BCUT2D eigenvalue weighted by Gasteiger charge is 2.14. The number of nitrogens with one attached hydrogen (secondary N) is 1. The van der Waals surface area contributed by atoms with Crippen LogP contribution in [-0.2, 0) is 0 Å². The van der Waals surface area contributed by atoms with Gasteiger partial charge in [0.25, 0.3) is 11.6 Å². The van der Waals surface area contributed by atoms with E-state index in [-0.39, 0.29) is 22.5 Å². The molecule has 0 aliphatic heterocycles. The van der Waals surface area contributed by atoms with E-state index in [2.05, 4.69) is 5.32 Å². The molecule has 0 unspecified atom stereocenters. The van der Waals surface area contributed by atoms with E-state index in [1.807, 2.05) is 0 Å². The molecule has 1 amide bonds. The van der Waals surface area contributed by atoms with Gasteiger partial charge in [0.1, 0.15) is 5.82 Å². The van der Waals surface area contributed by atoms with Crippen molar-refractivity contribution in [3.8, 4) is 0 Å². The van der Waals surface area contributed by atoms with E-state index < -0.39 is 22.3 Å². The monoisotopic (exact) mass is 328 g/mol. The zero-order chi connectivity index (χ0) is 17.3. The molecule has 0 fully saturated rings. The number of rotatable bonds is 3. The van der Waals surface area contributed by atoms with Gasteiger partial charge in [0.15, 0.2) is 5.76 Å². The molecule has 120 valence electrons. The lowest BCUT2D eigenvalue weighted by molar-refractivity contribution is -0.384. The van der Waals surface area contributed by atoms with Crippen molar-refractivity contribution in [2.24, 2.45) is 0 Å². The molecular formula is C16H9FN2O5. The highest BCUT2D eigenvalue weighted by molar-refractivity contribution is 6.04. The van der Waals surface area contributed by atoms with Crippen LogP contribution in [-0.4, -0.2) is 10.8 Å². The van der Waals surface area contributed by atoms with Gasteiger partial charge in [0.05, 0.1) is 10.3 Å². The summed E-state index contributed by atoms with van der Waals surface area (Å²) in [5.74, 6) is -1.63. The molecule has 0 saturated heterocycles. The first-order valence-corrected chi connectivity index (χ1v) is 6.73. The molecule has 1 N–H and O–H groups in total. The Morgan fingerprint density at radius 3 is 2.71 bits per heavy atom. The molecule has 0 spiro atoms. The number of benzene rings is 2. The Morgan fingerprint density at radius 2 is 1.96 bits per heavy atom. The van der Waals surface area contributed by atoms with Gasteiger partial charge in [-0.3, -0.25) is 14.9 Å². The zero-order valence-electron chi connectivity index (χ0n) is 12.0. The largest absolute Gasteiger partial charge is 0.417 e. The first-order chi connectivity index (χ1) is 11.4. The van der Waals surface area contributed by atoms with E-state index in [9.17, 15) is 24.1 Å². The van der Waals surface area contributed by atoms with Crippen LogP contribution in [0.15, 0.2) is 57.7 Å². The number of nitro groups is 1. The molecule has 0 saturated carbocycles. The van der Waals surface area contributed by atoms with Crippen molar-refractivity contribution >= 4 is 28.1 Å². The summed E-state index contributed by atoms with van der Waals surface area (Å²) < 4.78 is 18.0. The fourth-order valence-corrected chi connectivity index (χ4v) is 2.16. The van der Waals surface area contributed by atoms with Crippen LogP contribution >= 0.6 is 0 Å². The molecule has 1 heterocycles. The van der Waals surface area contributed by atoms with Crippen LogP contribution < -0.4 is 10.9 Å². The number of anilines is 1. The molecule has 0 aliphatic carbocycles. The summed E-state index contributed by atoms with van der Waals surface area (Å²) in [7, 11) is 0. The van der Waals surface area contributed by atoms with Crippen molar-refractivity contribution < 1.29 is 18.5 Å². The van der Waals surface area contributed by atoms with Crippen LogP contribution in [0.25, 0.3) is 10.8 Å². The summed E-state index contributed by atoms with van der Waals surface area (Å²) in [5.41, 5.74) is -0.865. The number of nitrogens with zero attached hydrogens (tertiary/aromatic N) is 1. The summed E-state index contributed by atoms with van der Waals surface area (Å²) >= 11 is 0. The predicted octanol–water partition coefficient (Wildman–Crippen LogP) is 3.09. The van der Waals surface area contributed by atoms with Crippen molar-refractivity contribution in [3.63, 3.8) is 0 Å². The minimum atomic E-state index is -0.851. The SMILES string of the molecule is O=C(Nc1cccc([N+](=O)[O-])c1)c1cc2ccc(F)cc2c(=O)o1. The maximum Gasteiger partial charge on any atom is 0.344 e. The molecular weight excluding hydrogens is 319 g/mol. The highest BCUT2D eigenvalue weighted by Crippen LogP contribution is 2.19. The fourth-order valence-electron chi connectivity index (χ4n) is 2.16. The van der Waals surface area contributed by atoms with E-state index in [0.29, 0.717) is 5.39 Å². The molecule has 24 heavy (non-hydrogen) atoms. The summed E-state index contributed by atoms with van der Waals surface area (Å²) in [4.78, 5) is 34.2. The lowest BCUT2D eigenvalue weighted by atomic mass is 10.1. The minimum absolute atomic E-state index is 0.0156. The van der Waals surface area contributed by atoms with Gasteiger partial charge >= 0.3 is 5.63 Å². The molecule has 0 atom stereocenters. The van der Waals surface area contributed by atoms with Crippen molar-refractivity contribution in [2.75, 3.05) is 5.32 Å². The summed E-state index contributed by atoms with van der Waals surface area (Å²) in [6, 6.07) is 10.1. The summed E-state index contributed by atoms with van der Waals surface area (Å²) in [5, 5.41) is 13.5. The van der Waals surface area contributed by atoms with Gasteiger partial charge in [0.2, 0.25) is 0 Å². The number of hydrogen-bond acceptors (Lipinski definition) is 5. The number of fused-ring (bicyclic) bond motifs is 1. The number of amides is 1. The molecule has 0 aliphatic rings. The molecule has 3 aromatic rings. The third kappa shape index (κ3) is 2.98. The summed E-state index contributed by atoms with van der Waals surface area (Å²) in [6.45, 7) is 0. The van der Waals surface area contributed by atoms with E-state index >= 15 is 0 Å². The number of nitro benzene ring substituents is 1. The molecule has 7 nitrogen and oxygen atoms in total. The van der Waals surface area contributed by atoms with E-state index in [0.717, 1.165) is 12.1 Å². The second-order valence-electron chi connectivity index (χ2n) is 4.89.